The van der Waals surface area contributed by atoms with Crippen molar-refractivity contribution in [3.63, 3.8) is 0 Å². The first-order valence-electron chi connectivity index (χ1n) is 4.71. The Morgan fingerprint density at radius 2 is 2.47 bits per heavy atom. The van der Waals surface area contributed by atoms with E-state index >= 15 is 0 Å². The highest BCUT2D eigenvalue weighted by Gasteiger charge is 2.09. The van der Waals surface area contributed by atoms with Crippen LogP contribution < -0.4 is 5.32 Å². The molecule has 4 nitrogen and oxygen atoms in total. The van der Waals surface area contributed by atoms with Crippen LogP contribution in [0.4, 0.5) is 4.39 Å². The fraction of sp³-hybridized carbons (Fsp3) is 0.400. The van der Waals surface area contributed by atoms with E-state index in [1.807, 2.05) is 6.92 Å². The molecule has 0 saturated carbocycles. The molecule has 0 fully saturated rings. The largest absolute Gasteiger partial charge is 0.380 e. The molecule has 0 aliphatic carbocycles. The van der Waals surface area contributed by atoms with Crippen molar-refractivity contribution in [2.75, 3.05) is 19.8 Å². The fourth-order valence-corrected chi connectivity index (χ4v) is 1.04. The highest BCUT2D eigenvalue weighted by Crippen LogP contribution is 2.03. The van der Waals surface area contributed by atoms with Crippen LogP contribution in [0, 0.1) is 5.82 Å². The summed E-state index contributed by atoms with van der Waals surface area (Å²) < 4.78 is 18.1. The van der Waals surface area contributed by atoms with Crippen LogP contribution in [0.15, 0.2) is 18.5 Å². The zero-order chi connectivity index (χ0) is 11.1. The van der Waals surface area contributed by atoms with E-state index in [0.29, 0.717) is 19.8 Å². The summed E-state index contributed by atoms with van der Waals surface area (Å²) in [4.78, 5) is 15.0. The minimum Gasteiger partial charge on any atom is -0.380 e. The van der Waals surface area contributed by atoms with Crippen LogP contribution in [-0.2, 0) is 4.74 Å². The van der Waals surface area contributed by atoms with Crippen molar-refractivity contribution in [1.29, 1.82) is 0 Å². The molecule has 15 heavy (non-hydrogen) atoms. The SMILES string of the molecule is CCOCCNC(=O)c1ccncc1F. The number of nitrogens with one attached hydrogen (secondary N) is 1. The molecule has 1 aromatic heterocycles. The first-order valence-corrected chi connectivity index (χ1v) is 4.71. The highest BCUT2D eigenvalue weighted by atomic mass is 19.1. The van der Waals surface area contributed by atoms with Gasteiger partial charge in [-0.1, -0.05) is 0 Å². The Morgan fingerprint density at radius 1 is 1.67 bits per heavy atom. The van der Waals surface area contributed by atoms with E-state index in [1.165, 1.54) is 12.3 Å². The molecule has 0 saturated heterocycles. The van der Waals surface area contributed by atoms with Gasteiger partial charge in [-0.15, -0.1) is 0 Å². The molecule has 0 aliphatic heterocycles. The summed E-state index contributed by atoms with van der Waals surface area (Å²) in [5.41, 5.74) is 0.00139. The number of rotatable bonds is 5. The molecular formula is C10H13FN2O2. The van der Waals surface area contributed by atoms with Crippen molar-refractivity contribution < 1.29 is 13.9 Å². The monoisotopic (exact) mass is 212 g/mol. The minimum atomic E-state index is -0.619. The zero-order valence-electron chi connectivity index (χ0n) is 8.50. The first kappa shape index (κ1) is 11.6. The number of carbonyl (C=O) groups excluding carboxylic acids is 1. The van der Waals surface area contributed by atoms with E-state index in [4.69, 9.17) is 4.74 Å². The zero-order valence-corrected chi connectivity index (χ0v) is 8.50. The second-order valence-corrected chi connectivity index (χ2v) is 2.81. The lowest BCUT2D eigenvalue weighted by molar-refractivity contribution is 0.0918. The van der Waals surface area contributed by atoms with E-state index < -0.39 is 11.7 Å². The molecule has 1 heterocycles. The summed E-state index contributed by atoms with van der Waals surface area (Å²) in [5, 5.41) is 2.54. The van der Waals surface area contributed by atoms with Crippen LogP contribution in [0.1, 0.15) is 17.3 Å². The van der Waals surface area contributed by atoms with Crippen molar-refractivity contribution in [2.24, 2.45) is 0 Å². The van der Waals surface area contributed by atoms with Gasteiger partial charge in [-0.05, 0) is 13.0 Å². The number of nitrogens with zero attached hydrogens (tertiary/aromatic N) is 1. The number of halogens is 1. The lowest BCUT2D eigenvalue weighted by Crippen LogP contribution is -2.28. The molecule has 0 radical (unpaired) electrons. The smallest absolute Gasteiger partial charge is 0.254 e. The van der Waals surface area contributed by atoms with Gasteiger partial charge in [-0.3, -0.25) is 9.78 Å². The maximum atomic E-state index is 13.1. The molecule has 1 rings (SSSR count). The Morgan fingerprint density at radius 3 is 3.13 bits per heavy atom. The Balaban J connectivity index is 2.44. The summed E-state index contributed by atoms with van der Waals surface area (Å²) in [5.74, 6) is -1.07. The lowest BCUT2D eigenvalue weighted by atomic mass is 10.2. The van der Waals surface area contributed by atoms with E-state index in [1.54, 1.807) is 0 Å². The van der Waals surface area contributed by atoms with Gasteiger partial charge in [-0.2, -0.15) is 0 Å². The lowest BCUT2D eigenvalue weighted by Gasteiger charge is -2.05. The van der Waals surface area contributed by atoms with Gasteiger partial charge in [0.1, 0.15) is 0 Å². The number of aromatic nitrogens is 1. The van der Waals surface area contributed by atoms with Crippen molar-refractivity contribution in [2.45, 2.75) is 6.92 Å². The van der Waals surface area contributed by atoms with E-state index in [9.17, 15) is 9.18 Å². The second-order valence-electron chi connectivity index (χ2n) is 2.81. The molecule has 0 unspecified atom stereocenters. The van der Waals surface area contributed by atoms with Crippen LogP contribution in [0.25, 0.3) is 0 Å². The van der Waals surface area contributed by atoms with Crippen molar-refractivity contribution >= 4 is 5.91 Å². The summed E-state index contributed by atoms with van der Waals surface area (Å²) in [6.45, 7) is 3.26. The highest BCUT2D eigenvalue weighted by molar-refractivity contribution is 5.94. The number of pyridine rings is 1. The predicted octanol–water partition coefficient (Wildman–Crippen LogP) is 0.987. The summed E-state index contributed by atoms with van der Waals surface area (Å²) in [6.07, 6.45) is 2.39. The molecule has 0 bridgehead atoms. The third-order valence-corrected chi connectivity index (χ3v) is 1.75. The molecule has 5 heteroatoms. The van der Waals surface area contributed by atoms with Gasteiger partial charge in [-0.25, -0.2) is 4.39 Å². The number of ether oxygens (including phenoxy) is 1. The topological polar surface area (TPSA) is 51.2 Å². The van der Waals surface area contributed by atoms with Crippen molar-refractivity contribution in [3.8, 4) is 0 Å². The summed E-state index contributed by atoms with van der Waals surface area (Å²) in [7, 11) is 0. The summed E-state index contributed by atoms with van der Waals surface area (Å²) >= 11 is 0. The van der Waals surface area contributed by atoms with E-state index in [0.717, 1.165) is 6.20 Å². The Bertz CT molecular complexity index is 331. The van der Waals surface area contributed by atoms with Gasteiger partial charge < -0.3 is 10.1 Å². The summed E-state index contributed by atoms with van der Waals surface area (Å²) in [6, 6.07) is 1.34. The maximum Gasteiger partial charge on any atom is 0.254 e. The van der Waals surface area contributed by atoms with Crippen LogP contribution in [-0.4, -0.2) is 30.6 Å². The van der Waals surface area contributed by atoms with Gasteiger partial charge in [0, 0.05) is 19.3 Å². The molecule has 1 aromatic rings. The van der Waals surface area contributed by atoms with Gasteiger partial charge in [0.05, 0.1) is 18.4 Å². The standard InChI is InChI=1S/C10H13FN2O2/c1-2-15-6-5-13-10(14)8-3-4-12-7-9(8)11/h3-4,7H,2,5-6H2,1H3,(H,13,14). The minimum absolute atomic E-state index is 0.00139. The Hall–Kier alpha value is -1.49. The van der Waals surface area contributed by atoms with E-state index in [2.05, 4.69) is 10.3 Å². The molecule has 0 spiro atoms. The van der Waals surface area contributed by atoms with Crippen LogP contribution in [0.3, 0.4) is 0 Å². The van der Waals surface area contributed by atoms with E-state index in [-0.39, 0.29) is 5.56 Å². The molecule has 1 N–H and O–H groups in total. The number of carbonyl (C=O) groups is 1. The number of amides is 1. The quantitative estimate of drug-likeness (QED) is 0.740. The predicted molar refractivity (Wildman–Crippen MR) is 53.0 cm³/mol. The molecule has 82 valence electrons. The average molecular weight is 212 g/mol. The van der Waals surface area contributed by atoms with Gasteiger partial charge in [0.2, 0.25) is 0 Å². The molecule has 0 aliphatic rings. The molecule has 0 aromatic carbocycles. The normalized spacial score (nSPS) is 10.0. The first-order chi connectivity index (χ1) is 7.25. The Labute approximate surface area is 87.5 Å². The van der Waals surface area contributed by atoms with Gasteiger partial charge >= 0.3 is 0 Å². The van der Waals surface area contributed by atoms with Crippen molar-refractivity contribution in [3.05, 3.63) is 29.8 Å². The van der Waals surface area contributed by atoms with Crippen LogP contribution in [0.5, 0.6) is 0 Å². The van der Waals surface area contributed by atoms with Gasteiger partial charge in [0.15, 0.2) is 5.82 Å². The third kappa shape index (κ3) is 3.63. The van der Waals surface area contributed by atoms with Gasteiger partial charge in [0.25, 0.3) is 5.91 Å². The fourth-order valence-electron chi connectivity index (χ4n) is 1.04. The molecular weight excluding hydrogens is 199 g/mol. The third-order valence-electron chi connectivity index (χ3n) is 1.75. The average Bonchev–Trinajstić information content (AvgIpc) is 2.25. The van der Waals surface area contributed by atoms with Crippen LogP contribution in [0.2, 0.25) is 0 Å². The molecule has 0 atom stereocenters. The van der Waals surface area contributed by atoms with Crippen molar-refractivity contribution in [1.82, 2.24) is 10.3 Å². The number of hydrogen-bond acceptors (Lipinski definition) is 3. The number of hydrogen-bond donors (Lipinski definition) is 1. The molecule has 1 amide bonds. The Kier molecular flexibility index (Phi) is 4.70. The second kappa shape index (κ2) is 6.08. The maximum absolute atomic E-state index is 13.1. The van der Waals surface area contributed by atoms with Crippen LogP contribution >= 0.6 is 0 Å².